The van der Waals surface area contributed by atoms with Gasteiger partial charge in [-0.3, -0.25) is 4.99 Å². The Morgan fingerprint density at radius 2 is 2.03 bits per heavy atom. The van der Waals surface area contributed by atoms with Crippen LogP contribution < -0.4 is 5.32 Å². The molecule has 0 aromatic heterocycles. The summed E-state index contributed by atoms with van der Waals surface area (Å²) in [6, 6.07) is 3.74. The number of rotatable bonds is 7. The van der Waals surface area contributed by atoms with Crippen LogP contribution in [0.3, 0.4) is 0 Å². The Morgan fingerprint density at radius 3 is 2.68 bits per heavy atom. The van der Waals surface area contributed by atoms with Crippen molar-refractivity contribution in [1.82, 2.24) is 10.2 Å². The Balaban J connectivity index is 0.00000341. The number of aliphatic imine (C=N–C) groups is 1. The Hall–Kier alpha value is -1.00. The molecule has 0 bridgehead atoms. The Labute approximate surface area is 202 Å². The summed E-state index contributed by atoms with van der Waals surface area (Å²) >= 11 is 0. The fourth-order valence-electron chi connectivity index (χ4n) is 4.07. The standard InChI is InChI=1S/C23H35F2N3O2.HI/c1-3-26-23(27-15-17(2)21-8-7-18(24)14-22(21)25)28-11-9-19(10-12-28)30-16-20-6-4-5-13-29-20;/h7-8,14,17,19-20H,3-6,9-13,15-16H2,1-2H3,(H,26,27);1H. The first kappa shape index (κ1) is 26.3. The quantitative estimate of drug-likeness (QED) is 0.303. The van der Waals surface area contributed by atoms with E-state index in [1.54, 1.807) is 0 Å². The van der Waals surface area contributed by atoms with E-state index in [0.717, 1.165) is 64.0 Å². The van der Waals surface area contributed by atoms with Gasteiger partial charge in [0.15, 0.2) is 5.96 Å². The molecule has 1 aromatic carbocycles. The minimum Gasteiger partial charge on any atom is -0.376 e. The summed E-state index contributed by atoms with van der Waals surface area (Å²) in [7, 11) is 0. The first-order chi connectivity index (χ1) is 14.6. The summed E-state index contributed by atoms with van der Waals surface area (Å²) < 4.78 is 39.1. The molecule has 0 spiro atoms. The molecule has 2 aliphatic heterocycles. The highest BCUT2D eigenvalue weighted by Crippen LogP contribution is 2.21. The van der Waals surface area contributed by atoms with E-state index in [1.807, 2.05) is 13.8 Å². The van der Waals surface area contributed by atoms with E-state index in [0.29, 0.717) is 18.7 Å². The normalized spacial score (nSPS) is 21.5. The molecule has 2 unspecified atom stereocenters. The summed E-state index contributed by atoms with van der Waals surface area (Å²) in [4.78, 5) is 6.98. The number of nitrogens with one attached hydrogen (secondary N) is 1. The smallest absolute Gasteiger partial charge is 0.193 e. The lowest BCUT2D eigenvalue weighted by atomic mass is 10.0. The average molecular weight is 551 g/mol. The first-order valence-corrected chi connectivity index (χ1v) is 11.3. The van der Waals surface area contributed by atoms with Gasteiger partial charge >= 0.3 is 0 Å². The highest BCUT2D eigenvalue weighted by Gasteiger charge is 2.24. The number of likely N-dealkylation sites (tertiary alicyclic amines) is 1. The van der Waals surface area contributed by atoms with E-state index < -0.39 is 11.6 Å². The van der Waals surface area contributed by atoms with E-state index in [2.05, 4.69) is 10.2 Å². The second-order valence-corrected chi connectivity index (χ2v) is 8.27. The predicted molar refractivity (Wildman–Crippen MR) is 130 cm³/mol. The van der Waals surface area contributed by atoms with Crippen molar-refractivity contribution in [1.29, 1.82) is 0 Å². The molecule has 2 aliphatic rings. The van der Waals surface area contributed by atoms with Gasteiger partial charge in [-0.25, -0.2) is 8.78 Å². The number of guanidine groups is 1. The maximum atomic E-state index is 14.0. The third-order valence-corrected chi connectivity index (χ3v) is 5.88. The van der Waals surface area contributed by atoms with Gasteiger partial charge in [0.05, 0.1) is 18.8 Å². The lowest BCUT2D eigenvalue weighted by Crippen LogP contribution is -2.47. The lowest BCUT2D eigenvalue weighted by Gasteiger charge is -2.35. The molecule has 0 saturated carbocycles. The summed E-state index contributed by atoms with van der Waals surface area (Å²) in [5.41, 5.74) is 0.494. The second kappa shape index (κ2) is 13.5. The van der Waals surface area contributed by atoms with Gasteiger partial charge in [-0.2, -0.15) is 0 Å². The van der Waals surface area contributed by atoms with Gasteiger partial charge in [0.2, 0.25) is 0 Å². The van der Waals surface area contributed by atoms with Crippen LogP contribution in [0.25, 0.3) is 0 Å². The molecule has 1 N–H and O–H groups in total. The van der Waals surface area contributed by atoms with Crippen LogP contribution in [0.1, 0.15) is 57.4 Å². The molecule has 5 nitrogen and oxygen atoms in total. The van der Waals surface area contributed by atoms with Gasteiger partial charge in [-0.05, 0) is 50.7 Å². The van der Waals surface area contributed by atoms with Crippen molar-refractivity contribution < 1.29 is 18.3 Å². The van der Waals surface area contributed by atoms with Crippen LogP contribution in [0.4, 0.5) is 8.78 Å². The molecule has 2 heterocycles. The van der Waals surface area contributed by atoms with Crippen LogP contribution in [0, 0.1) is 11.6 Å². The van der Waals surface area contributed by atoms with Crippen molar-refractivity contribution in [3.8, 4) is 0 Å². The van der Waals surface area contributed by atoms with Crippen LogP contribution in [0.2, 0.25) is 0 Å². The highest BCUT2D eigenvalue weighted by molar-refractivity contribution is 14.0. The monoisotopic (exact) mass is 551 g/mol. The predicted octanol–water partition coefficient (Wildman–Crippen LogP) is 4.70. The highest BCUT2D eigenvalue weighted by atomic mass is 127. The molecule has 8 heteroatoms. The fourth-order valence-corrected chi connectivity index (χ4v) is 4.07. The maximum Gasteiger partial charge on any atom is 0.193 e. The number of ether oxygens (including phenoxy) is 2. The van der Waals surface area contributed by atoms with Crippen LogP contribution in [-0.2, 0) is 9.47 Å². The minimum atomic E-state index is -0.555. The summed E-state index contributed by atoms with van der Waals surface area (Å²) in [5.74, 6) is -0.348. The number of benzene rings is 1. The molecule has 1 aromatic rings. The number of piperidine rings is 1. The molecular formula is C23H36F2IN3O2. The van der Waals surface area contributed by atoms with Gasteiger partial charge in [-0.15, -0.1) is 24.0 Å². The van der Waals surface area contributed by atoms with Crippen LogP contribution >= 0.6 is 24.0 Å². The van der Waals surface area contributed by atoms with Crippen molar-refractivity contribution >= 4 is 29.9 Å². The van der Waals surface area contributed by atoms with Crippen LogP contribution in [0.5, 0.6) is 0 Å². The molecule has 2 atom stereocenters. The van der Waals surface area contributed by atoms with E-state index in [9.17, 15) is 8.78 Å². The third-order valence-electron chi connectivity index (χ3n) is 5.88. The Kier molecular flexibility index (Phi) is 11.5. The molecular weight excluding hydrogens is 515 g/mol. The van der Waals surface area contributed by atoms with Crippen molar-refractivity contribution in [3.63, 3.8) is 0 Å². The van der Waals surface area contributed by atoms with Crippen molar-refractivity contribution in [2.45, 2.75) is 64.1 Å². The zero-order chi connectivity index (χ0) is 21.3. The molecule has 0 amide bonds. The minimum absolute atomic E-state index is 0. The third kappa shape index (κ3) is 8.13. The van der Waals surface area contributed by atoms with E-state index >= 15 is 0 Å². The molecule has 2 fully saturated rings. The van der Waals surface area contributed by atoms with Gasteiger partial charge in [0.25, 0.3) is 0 Å². The molecule has 2 saturated heterocycles. The summed E-state index contributed by atoms with van der Waals surface area (Å²) in [6.45, 7) is 8.47. The Bertz CT molecular complexity index is 693. The molecule has 3 rings (SSSR count). The Morgan fingerprint density at radius 1 is 1.26 bits per heavy atom. The fraction of sp³-hybridized carbons (Fsp3) is 0.696. The average Bonchev–Trinajstić information content (AvgIpc) is 2.76. The SMILES string of the molecule is CCNC(=NCC(C)c1ccc(F)cc1F)N1CCC(OCC2CCCCO2)CC1.I. The molecule has 176 valence electrons. The van der Waals surface area contributed by atoms with Crippen LogP contribution in [-0.4, -0.2) is 62.5 Å². The van der Waals surface area contributed by atoms with Gasteiger partial charge < -0.3 is 19.7 Å². The largest absolute Gasteiger partial charge is 0.376 e. The van der Waals surface area contributed by atoms with Crippen molar-refractivity contribution in [3.05, 3.63) is 35.4 Å². The van der Waals surface area contributed by atoms with Gasteiger partial charge in [0, 0.05) is 44.8 Å². The lowest BCUT2D eigenvalue weighted by molar-refractivity contribution is -0.0721. The van der Waals surface area contributed by atoms with Gasteiger partial charge in [-0.1, -0.05) is 13.0 Å². The van der Waals surface area contributed by atoms with Crippen molar-refractivity contribution in [2.75, 3.05) is 39.4 Å². The topological polar surface area (TPSA) is 46.1 Å². The van der Waals surface area contributed by atoms with Crippen LogP contribution in [0.15, 0.2) is 23.2 Å². The number of halogens is 3. The second-order valence-electron chi connectivity index (χ2n) is 8.27. The van der Waals surface area contributed by atoms with E-state index in [1.165, 1.54) is 18.6 Å². The number of hydrogen-bond donors (Lipinski definition) is 1. The molecule has 0 radical (unpaired) electrons. The zero-order valence-corrected chi connectivity index (χ0v) is 20.9. The molecule has 31 heavy (non-hydrogen) atoms. The van der Waals surface area contributed by atoms with Gasteiger partial charge in [0.1, 0.15) is 11.6 Å². The number of nitrogens with zero attached hydrogens (tertiary/aromatic N) is 2. The zero-order valence-electron chi connectivity index (χ0n) is 18.6. The summed E-state index contributed by atoms with van der Waals surface area (Å²) in [5, 5.41) is 3.34. The first-order valence-electron chi connectivity index (χ1n) is 11.3. The number of hydrogen-bond acceptors (Lipinski definition) is 3. The summed E-state index contributed by atoms with van der Waals surface area (Å²) in [6.07, 6.45) is 5.93. The van der Waals surface area contributed by atoms with E-state index in [4.69, 9.17) is 14.5 Å². The van der Waals surface area contributed by atoms with E-state index in [-0.39, 0.29) is 42.1 Å². The molecule has 0 aliphatic carbocycles. The van der Waals surface area contributed by atoms with Crippen molar-refractivity contribution in [2.24, 2.45) is 4.99 Å². The maximum absolute atomic E-state index is 14.0.